The molecule has 0 aromatic heterocycles. The van der Waals surface area contributed by atoms with Crippen LogP contribution in [-0.4, -0.2) is 31.2 Å². The van der Waals surface area contributed by atoms with E-state index in [1.807, 2.05) is 39.0 Å². The van der Waals surface area contributed by atoms with Gasteiger partial charge in [0.15, 0.2) is 11.5 Å². The lowest BCUT2D eigenvalue weighted by Gasteiger charge is -2.19. The Hall–Kier alpha value is -1.75. The summed E-state index contributed by atoms with van der Waals surface area (Å²) < 4.78 is 11.1. The van der Waals surface area contributed by atoms with Crippen LogP contribution in [0.15, 0.2) is 24.3 Å². The lowest BCUT2D eigenvalue weighted by atomic mass is 10.2. The van der Waals surface area contributed by atoms with Crippen molar-refractivity contribution in [1.82, 2.24) is 5.32 Å². The zero-order valence-electron chi connectivity index (χ0n) is 11.7. The molecule has 5 heteroatoms. The fraction of sp³-hybridized carbons (Fsp3) is 0.500. The summed E-state index contributed by atoms with van der Waals surface area (Å²) in [5.74, 6) is 0.849. The monoisotopic (exact) mass is 266 g/mol. The van der Waals surface area contributed by atoms with Crippen LogP contribution in [0.4, 0.5) is 0 Å². The molecular weight excluding hydrogens is 244 g/mol. The van der Waals surface area contributed by atoms with Crippen molar-refractivity contribution in [2.75, 3.05) is 13.2 Å². The molecule has 0 radical (unpaired) electrons. The van der Waals surface area contributed by atoms with Gasteiger partial charge in [-0.15, -0.1) is 0 Å². The van der Waals surface area contributed by atoms with E-state index in [-0.39, 0.29) is 12.6 Å². The van der Waals surface area contributed by atoms with E-state index < -0.39 is 11.9 Å². The molecule has 19 heavy (non-hydrogen) atoms. The Bertz CT molecular complexity index is 407. The van der Waals surface area contributed by atoms with Crippen LogP contribution >= 0.6 is 0 Å². The number of carbonyl (C=O) groups is 1. The van der Waals surface area contributed by atoms with Crippen molar-refractivity contribution in [1.29, 1.82) is 0 Å². The zero-order chi connectivity index (χ0) is 14.3. The predicted molar refractivity (Wildman–Crippen MR) is 74.4 cm³/mol. The SMILES string of the molecule is CCOc1ccccc1OCC(NC(C)C)C(N)=O. The lowest BCUT2D eigenvalue weighted by molar-refractivity contribution is -0.120. The molecule has 0 spiro atoms. The minimum absolute atomic E-state index is 0.156. The number of para-hydroxylation sites is 2. The van der Waals surface area contributed by atoms with Gasteiger partial charge in [0.25, 0.3) is 0 Å². The maximum absolute atomic E-state index is 11.3. The summed E-state index contributed by atoms with van der Waals surface area (Å²) in [6.45, 7) is 6.54. The number of hydrogen-bond donors (Lipinski definition) is 2. The number of primary amides is 1. The number of rotatable bonds is 8. The molecule has 0 bridgehead atoms. The first-order valence-corrected chi connectivity index (χ1v) is 6.44. The van der Waals surface area contributed by atoms with Gasteiger partial charge in [-0.1, -0.05) is 26.0 Å². The standard InChI is InChI=1S/C14H22N2O3/c1-4-18-12-7-5-6-8-13(12)19-9-11(14(15)17)16-10(2)3/h5-8,10-11,16H,4,9H2,1-3H3,(H2,15,17). The molecule has 0 saturated heterocycles. The quantitative estimate of drug-likeness (QED) is 0.744. The zero-order valence-corrected chi connectivity index (χ0v) is 11.7. The summed E-state index contributed by atoms with van der Waals surface area (Å²) in [4.78, 5) is 11.3. The van der Waals surface area contributed by atoms with Crippen LogP contribution in [0.2, 0.25) is 0 Å². The minimum Gasteiger partial charge on any atom is -0.490 e. The maximum atomic E-state index is 11.3. The lowest BCUT2D eigenvalue weighted by Crippen LogP contribution is -2.48. The van der Waals surface area contributed by atoms with Gasteiger partial charge in [0.1, 0.15) is 12.6 Å². The molecule has 0 aliphatic carbocycles. The number of nitrogens with one attached hydrogen (secondary N) is 1. The summed E-state index contributed by atoms with van der Waals surface area (Å²) in [6, 6.07) is 6.99. The molecule has 1 aromatic rings. The molecule has 5 nitrogen and oxygen atoms in total. The van der Waals surface area contributed by atoms with Gasteiger partial charge in [0.2, 0.25) is 5.91 Å². The van der Waals surface area contributed by atoms with E-state index in [9.17, 15) is 4.79 Å². The fourth-order valence-corrected chi connectivity index (χ4v) is 1.63. The summed E-state index contributed by atoms with van der Waals surface area (Å²) in [5, 5.41) is 3.06. The summed E-state index contributed by atoms with van der Waals surface area (Å²) in [6.07, 6.45) is 0. The number of nitrogens with two attached hydrogens (primary N) is 1. The van der Waals surface area contributed by atoms with Crippen molar-refractivity contribution in [3.63, 3.8) is 0 Å². The molecule has 0 aliphatic heterocycles. The van der Waals surface area contributed by atoms with Crippen LogP contribution in [0, 0.1) is 0 Å². The van der Waals surface area contributed by atoms with Gasteiger partial charge in [0, 0.05) is 6.04 Å². The molecule has 1 atom stereocenters. The molecule has 0 saturated carbocycles. The Morgan fingerprint density at radius 2 is 1.84 bits per heavy atom. The smallest absolute Gasteiger partial charge is 0.238 e. The van der Waals surface area contributed by atoms with E-state index in [0.717, 1.165) is 0 Å². The molecule has 3 N–H and O–H groups in total. The molecule has 1 unspecified atom stereocenters. The van der Waals surface area contributed by atoms with Crippen LogP contribution in [0.25, 0.3) is 0 Å². The Morgan fingerprint density at radius 1 is 1.26 bits per heavy atom. The average molecular weight is 266 g/mol. The Balaban J connectivity index is 2.65. The average Bonchev–Trinajstić information content (AvgIpc) is 2.35. The number of ether oxygens (including phenoxy) is 2. The van der Waals surface area contributed by atoms with Gasteiger partial charge in [-0.2, -0.15) is 0 Å². The Morgan fingerprint density at radius 3 is 2.32 bits per heavy atom. The van der Waals surface area contributed by atoms with Crippen molar-refractivity contribution in [3.05, 3.63) is 24.3 Å². The van der Waals surface area contributed by atoms with Gasteiger partial charge in [0.05, 0.1) is 6.61 Å². The molecule has 1 amide bonds. The number of amides is 1. The summed E-state index contributed by atoms with van der Waals surface area (Å²) >= 11 is 0. The maximum Gasteiger partial charge on any atom is 0.238 e. The van der Waals surface area contributed by atoms with Crippen LogP contribution < -0.4 is 20.5 Å². The molecule has 106 valence electrons. The second-order valence-electron chi connectivity index (χ2n) is 4.47. The van der Waals surface area contributed by atoms with Crippen molar-refractivity contribution < 1.29 is 14.3 Å². The Kier molecular flexibility index (Phi) is 6.15. The highest BCUT2D eigenvalue weighted by Gasteiger charge is 2.17. The summed E-state index contributed by atoms with van der Waals surface area (Å²) in [7, 11) is 0. The second-order valence-corrected chi connectivity index (χ2v) is 4.47. The second kappa shape index (κ2) is 7.63. The highest BCUT2D eigenvalue weighted by Crippen LogP contribution is 2.26. The van der Waals surface area contributed by atoms with E-state index in [1.54, 1.807) is 6.07 Å². The van der Waals surface area contributed by atoms with E-state index in [2.05, 4.69) is 5.32 Å². The molecule has 1 aromatic carbocycles. The molecule has 0 heterocycles. The fourth-order valence-electron chi connectivity index (χ4n) is 1.63. The van der Waals surface area contributed by atoms with Crippen molar-refractivity contribution in [2.24, 2.45) is 5.73 Å². The van der Waals surface area contributed by atoms with Gasteiger partial charge in [-0.3, -0.25) is 4.79 Å². The number of benzene rings is 1. The van der Waals surface area contributed by atoms with Gasteiger partial charge in [-0.25, -0.2) is 0 Å². The van der Waals surface area contributed by atoms with Gasteiger partial charge >= 0.3 is 0 Å². The van der Waals surface area contributed by atoms with E-state index >= 15 is 0 Å². The van der Waals surface area contributed by atoms with Crippen molar-refractivity contribution in [3.8, 4) is 11.5 Å². The van der Waals surface area contributed by atoms with E-state index in [1.165, 1.54) is 0 Å². The highest BCUT2D eigenvalue weighted by atomic mass is 16.5. The summed E-state index contributed by atoms with van der Waals surface area (Å²) in [5.41, 5.74) is 5.33. The van der Waals surface area contributed by atoms with Crippen LogP contribution in [0.3, 0.4) is 0 Å². The number of carbonyl (C=O) groups excluding carboxylic acids is 1. The van der Waals surface area contributed by atoms with Crippen molar-refractivity contribution in [2.45, 2.75) is 32.9 Å². The van der Waals surface area contributed by atoms with Gasteiger partial charge in [-0.05, 0) is 19.1 Å². The normalized spacial score (nSPS) is 12.2. The third-order valence-corrected chi connectivity index (χ3v) is 2.43. The van der Waals surface area contributed by atoms with Crippen LogP contribution in [0.5, 0.6) is 11.5 Å². The first-order chi connectivity index (χ1) is 9.04. The number of hydrogen-bond acceptors (Lipinski definition) is 4. The largest absolute Gasteiger partial charge is 0.490 e. The third kappa shape index (κ3) is 5.18. The van der Waals surface area contributed by atoms with Crippen LogP contribution in [0.1, 0.15) is 20.8 Å². The van der Waals surface area contributed by atoms with Crippen LogP contribution in [-0.2, 0) is 4.79 Å². The van der Waals surface area contributed by atoms with E-state index in [0.29, 0.717) is 18.1 Å². The molecular formula is C14H22N2O3. The molecule has 0 fully saturated rings. The predicted octanol–water partition coefficient (Wildman–Crippen LogP) is 1.32. The highest BCUT2D eigenvalue weighted by molar-refractivity contribution is 5.80. The van der Waals surface area contributed by atoms with Gasteiger partial charge < -0.3 is 20.5 Å². The minimum atomic E-state index is -0.519. The Labute approximate surface area is 114 Å². The van der Waals surface area contributed by atoms with Crippen molar-refractivity contribution >= 4 is 5.91 Å². The van der Waals surface area contributed by atoms with E-state index in [4.69, 9.17) is 15.2 Å². The third-order valence-electron chi connectivity index (χ3n) is 2.43. The first-order valence-electron chi connectivity index (χ1n) is 6.44. The molecule has 1 rings (SSSR count). The first kappa shape index (κ1) is 15.3. The topological polar surface area (TPSA) is 73.6 Å². The molecule has 0 aliphatic rings.